The van der Waals surface area contributed by atoms with E-state index in [1.807, 2.05) is 13.0 Å². The van der Waals surface area contributed by atoms with Crippen molar-refractivity contribution in [2.75, 3.05) is 0 Å². The quantitative estimate of drug-likeness (QED) is 0.765. The van der Waals surface area contributed by atoms with Crippen molar-refractivity contribution in [3.63, 3.8) is 0 Å². The Balaban J connectivity index is 1.98. The van der Waals surface area contributed by atoms with Crippen molar-refractivity contribution in [1.29, 1.82) is 0 Å². The summed E-state index contributed by atoms with van der Waals surface area (Å²) in [5.41, 5.74) is 2.39. The van der Waals surface area contributed by atoms with Crippen LogP contribution in [0.1, 0.15) is 29.2 Å². The van der Waals surface area contributed by atoms with Crippen molar-refractivity contribution in [3.8, 4) is 5.75 Å². The first kappa shape index (κ1) is 16.5. The molecule has 2 rings (SSSR count). The molecule has 0 aliphatic carbocycles. The first-order valence-electron chi connectivity index (χ1n) is 7.32. The molecule has 0 fully saturated rings. The van der Waals surface area contributed by atoms with Crippen LogP contribution >= 0.6 is 0 Å². The standard InChI is InChI=1S/C18H19NO4/c1-12-3-2-4-14(11-12)17(18(22)23)19-16(21)10-7-13-5-8-15(20)9-6-13/h2-6,8-9,11,17,20H,7,10H2,1H3,(H,19,21)(H,22,23)/t17-/m0/s1. The van der Waals surface area contributed by atoms with Gasteiger partial charge in [-0.05, 0) is 36.6 Å². The Morgan fingerprint density at radius 1 is 1.13 bits per heavy atom. The van der Waals surface area contributed by atoms with Gasteiger partial charge in [0.15, 0.2) is 6.04 Å². The lowest BCUT2D eigenvalue weighted by Gasteiger charge is -2.15. The fourth-order valence-corrected chi connectivity index (χ4v) is 2.29. The van der Waals surface area contributed by atoms with Crippen molar-refractivity contribution in [2.45, 2.75) is 25.8 Å². The molecule has 0 saturated heterocycles. The number of phenolic OH excluding ortho intramolecular Hbond substituents is 1. The van der Waals surface area contributed by atoms with Crippen molar-refractivity contribution in [3.05, 3.63) is 65.2 Å². The maximum Gasteiger partial charge on any atom is 0.330 e. The topological polar surface area (TPSA) is 86.6 Å². The largest absolute Gasteiger partial charge is 0.508 e. The molecule has 0 spiro atoms. The molecule has 5 heteroatoms. The molecule has 0 bridgehead atoms. The maximum absolute atomic E-state index is 12.0. The van der Waals surface area contributed by atoms with Gasteiger partial charge < -0.3 is 15.5 Å². The van der Waals surface area contributed by atoms with Gasteiger partial charge >= 0.3 is 5.97 Å². The summed E-state index contributed by atoms with van der Waals surface area (Å²) in [4.78, 5) is 23.4. The van der Waals surface area contributed by atoms with Gasteiger partial charge in [0, 0.05) is 6.42 Å². The van der Waals surface area contributed by atoms with Gasteiger partial charge in [-0.2, -0.15) is 0 Å². The van der Waals surface area contributed by atoms with Crippen LogP contribution in [0.5, 0.6) is 5.75 Å². The number of hydrogen-bond donors (Lipinski definition) is 3. The third kappa shape index (κ3) is 4.85. The van der Waals surface area contributed by atoms with Gasteiger partial charge in [0.1, 0.15) is 5.75 Å². The lowest BCUT2D eigenvalue weighted by atomic mass is 10.0. The number of nitrogens with one attached hydrogen (secondary N) is 1. The summed E-state index contributed by atoms with van der Waals surface area (Å²) < 4.78 is 0. The molecule has 120 valence electrons. The molecule has 0 aromatic heterocycles. The highest BCUT2D eigenvalue weighted by Gasteiger charge is 2.21. The molecule has 5 nitrogen and oxygen atoms in total. The van der Waals surface area contributed by atoms with Gasteiger partial charge in [-0.15, -0.1) is 0 Å². The number of rotatable bonds is 6. The highest BCUT2D eigenvalue weighted by molar-refractivity contribution is 5.84. The molecular weight excluding hydrogens is 294 g/mol. The predicted molar refractivity (Wildman–Crippen MR) is 86.1 cm³/mol. The SMILES string of the molecule is Cc1cccc([C@H](NC(=O)CCc2ccc(O)cc2)C(=O)O)c1. The smallest absolute Gasteiger partial charge is 0.330 e. The van der Waals surface area contributed by atoms with Crippen molar-refractivity contribution in [2.24, 2.45) is 0 Å². The fourth-order valence-electron chi connectivity index (χ4n) is 2.29. The molecule has 2 aromatic carbocycles. The van der Waals surface area contributed by atoms with Gasteiger partial charge in [-0.3, -0.25) is 4.79 Å². The second-order valence-corrected chi connectivity index (χ2v) is 5.42. The van der Waals surface area contributed by atoms with Crippen LogP contribution in [0.25, 0.3) is 0 Å². The first-order valence-corrected chi connectivity index (χ1v) is 7.32. The summed E-state index contributed by atoms with van der Waals surface area (Å²) in [6.45, 7) is 1.87. The summed E-state index contributed by atoms with van der Waals surface area (Å²) in [5.74, 6) is -1.25. The highest BCUT2D eigenvalue weighted by Crippen LogP contribution is 2.16. The number of carboxylic acid groups (broad SMARTS) is 1. The molecule has 0 unspecified atom stereocenters. The van der Waals surface area contributed by atoms with Gasteiger partial charge in [0.25, 0.3) is 0 Å². The maximum atomic E-state index is 12.0. The Morgan fingerprint density at radius 2 is 1.83 bits per heavy atom. The Morgan fingerprint density at radius 3 is 2.43 bits per heavy atom. The van der Waals surface area contributed by atoms with E-state index in [-0.39, 0.29) is 18.1 Å². The monoisotopic (exact) mass is 313 g/mol. The minimum atomic E-state index is -1.09. The van der Waals surface area contributed by atoms with Crippen LogP contribution in [-0.2, 0) is 16.0 Å². The molecule has 2 aromatic rings. The van der Waals surface area contributed by atoms with Gasteiger partial charge in [-0.25, -0.2) is 4.79 Å². The second kappa shape index (κ2) is 7.45. The van der Waals surface area contributed by atoms with Crippen LogP contribution in [0.4, 0.5) is 0 Å². The molecule has 3 N–H and O–H groups in total. The minimum Gasteiger partial charge on any atom is -0.508 e. The molecular formula is C18H19NO4. The molecule has 1 atom stereocenters. The second-order valence-electron chi connectivity index (χ2n) is 5.42. The van der Waals surface area contributed by atoms with E-state index in [2.05, 4.69) is 5.32 Å². The lowest BCUT2D eigenvalue weighted by Crippen LogP contribution is -2.33. The summed E-state index contributed by atoms with van der Waals surface area (Å²) in [7, 11) is 0. The van der Waals surface area contributed by atoms with Crippen molar-refractivity contribution >= 4 is 11.9 Å². The first-order chi connectivity index (χ1) is 11.0. The summed E-state index contributed by atoms with van der Waals surface area (Å²) >= 11 is 0. The number of aliphatic carboxylic acids is 1. The van der Waals surface area contributed by atoms with Crippen LogP contribution in [0.3, 0.4) is 0 Å². The Bertz CT molecular complexity index is 694. The van der Waals surface area contributed by atoms with Crippen LogP contribution in [0, 0.1) is 6.92 Å². The summed E-state index contributed by atoms with van der Waals surface area (Å²) in [6.07, 6.45) is 0.659. The number of carbonyl (C=O) groups is 2. The third-order valence-electron chi connectivity index (χ3n) is 3.50. The van der Waals surface area contributed by atoms with E-state index < -0.39 is 12.0 Å². The Hall–Kier alpha value is -2.82. The molecule has 0 saturated carbocycles. The van der Waals surface area contributed by atoms with Gasteiger partial charge in [0.2, 0.25) is 5.91 Å². The molecule has 0 aliphatic heterocycles. The number of amides is 1. The third-order valence-corrected chi connectivity index (χ3v) is 3.50. The normalized spacial score (nSPS) is 11.7. The van der Waals surface area contributed by atoms with E-state index in [4.69, 9.17) is 0 Å². The number of aryl methyl sites for hydroxylation is 2. The molecule has 1 amide bonds. The van der Waals surface area contributed by atoms with Crippen molar-refractivity contribution in [1.82, 2.24) is 5.32 Å². The molecule has 0 aliphatic rings. The number of benzene rings is 2. The van der Waals surface area contributed by atoms with Crippen LogP contribution in [0.15, 0.2) is 48.5 Å². The lowest BCUT2D eigenvalue weighted by molar-refractivity contribution is -0.142. The summed E-state index contributed by atoms with van der Waals surface area (Å²) in [5, 5.41) is 21.1. The minimum absolute atomic E-state index is 0.170. The highest BCUT2D eigenvalue weighted by atomic mass is 16.4. The zero-order valence-electron chi connectivity index (χ0n) is 12.8. The van der Waals surface area contributed by atoms with E-state index in [1.54, 1.807) is 42.5 Å². The number of carboxylic acids is 1. The molecule has 0 radical (unpaired) electrons. The van der Waals surface area contributed by atoms with E-state index in [0.717, 1.165) is 11.1 Å². The number of hydrogen-bond acceptors (Lipinski definition) is 3. The van der Waals surface area contributed by atoms with Crippen LogP contribution in [-0.4, -0.2) is 22.1 Å². The molecule has 0 heterocycles. The average Bonchev–Trinajstić information content (AvgIpc) is 2.51. The number of aromatic hydroxyl groups is 1. The predicted octanol–water partition coefficient (Wildman–Crippen LogP) is 2.58. The Kier molecular flexibility index (Phi) is 5.36. The fraction of sp³-hybridized carbons (Fsp3) is 0.222. The summed E-state index contributed by atoms with van der Waals surface area (Å²) in [6, 6.07) is 12.6. The van der Waals surface area contributed by atoms with Crippen LogP contribution < -0.4 is 5.32 Å². The zero-order chi connectivity index (χ0) is 16.8. The van der Waals surface area contributed by atoms with E-state index in [0.29, 0.717) is 12.0 Å². The van der Waals surface area contributed by atoms with E-state index in [9.17, 15) is 19.8 Å². The van der Waals surface area contributed by atoms with Crippen molar-refractivity contribution < 1.29 is 19.8 Å². The van der Waals surface area contributed by atoms with Gasteiger partial charge in [0.05, 0.1) is 0 Å². The molecule has 23 heavy (non-hydrogen) atoms. The zero-order valence-corrected chi connectivity index (χ0v) is 12.8. The van der Waals surface area contributed by atoms with E-state index in [1.165, 1.54) is 0 Å². The van der Waals surface area contributed by atoms with Crippen LogP contribution in [0.2, 0.25) is 0 Å². The number of phenols is 1. The Labute approximate surface area is 134 Å². The van der Waals surface area contributed by atoms with E-state index >= 15 is 0 Å². The number of carbonyl (C=O) groups excluding carboxylic acids is 1. The van der Waals surface area contributed by atoms with Gasteiger partial charge in [-0.1, -0.05) is 42.0 Å². The average molecular weight is 313 g/mol.